The van der Waals surface area contributed by atoms with Gasteiger partial charge in [-0.25, -0.2) is 4.98 Å². The van der Waals surface area contributed by atoms with Crippen LogP contribution in [0.1, 0.15) is 0 Å². The molecule has 9 rings (SSSR count). The molecule has 3 heterocycles. The first-order valence-electron chi connectivity index (χ1n) is 13.8. The van der Waals surface area contributed by atoms with E-state index in [1.807, 2.05) is 6.07 Å². The molecule has 0 aliphatic rings. The number of aromatic amines is 1. The Morgan fingerprint density at radius 3 is 2.20 bits per heavy atom. The molecule has 3 nitrogen and oxygen atoms in total. The molecule has 4 heteroatoms. The Morgan fingerprint density at radius 1 is 0.561 bits per heavy atom. The maximum Gasteiger partial charge on any atom is 0.124 e. The Labute approximate surface area is 239 Å². The lowest BCUT2D eigenvalue weighted by atomic mass is 10.00. The van der Waals surface area contributed by atoms with E-state index < -0.39 is 0 Å². The largest absolute Gasteiger partial charge is 0.354 e. The lowest BCUT2D eigenvalue weighted by Crippen LogP contribution is -1.93. The molecule has 0 unspecified atom stereocenters. The molecule has 0 aliphatic heterocycles. The summed E-state index contributed by atoms with van der Waals surface area (Å²) in [7, 11) is 0. The minimum absolute atomic E-state index is 1.03. The van der Waals surface area contributed by atoms with Gasteiger partial charge in [-0.15, -0.1) is 11.3 Å². The standard InChI is InChI=1S/C37H23N3S/c1-3-10-23(11-4-1)37-39-32-22-34-30(21-35(32)41-37)29-20-24(18-19-33(29)40(34)25-12-5-2-6-13-25)26-15-9-16-28-27-14-7-8-17-31(27)38-36(26)28/h1-22,38H. The predicted molar refractivity (Wildman–Crippen MR) is 174 cm³/mol. The van der Waals surface area contributed by atoms with Gasteiger partial charge in [0, 0.05) is 43.9 Å². The van der Waals surface area contributed by atoms with Gasteiger partial charge < -0.3 is 9.55 Å². The van der Waals surface area contributed by atoms with Crippen LogP contribution < -0.4 is 0 Å². The minimum Gasteiger partial charge on any atom is -0.354 e. The summed E-state index contributed by atoms with van der Waals surface area (Å²) in [6.45, 7) is 0. The first kappa shape index (κ1) is 22.6. The summed E-state index contributed by atoms with van der Waals surface area (Å²) in [5.74, 6) is 0. The van der Waals surface area contributed by atoms with Crippen LogP contribution in [-0.4, -0.2) is 14.5 Å². The first-order chi connectivity index (χ1) is 20.3. The molecule has 0 saturated carbocycles. The fraction of sp³-hybridized carbons (Fsp3) is 0. The van der Waals surface area contributed by atoms with E-state index in [9.17, 15) is 0 Å². The number of thiazole rings is 1. The van der Waals surface area contributed by atoms with Gasteiger partial charge in [-0.3, -0.25) is 0 Å². The molecule has 0 amide bonds. The van der Waals surface area contributed by atoms with Crippen LogP contribution in [0, 0.1) is 0 Å². The SMILES string of the molecule is c1ccc(-c2nc3cc4c(cc3s2)c2cc(-c3cccc5c3[nH]c3ccccc35)ccc2n4-c2ccccc2)cc1. The predicted octanol–water partition coefficient (Wildman–Crippen LogP) is 10.4. The lowest BCUT2D eigenvalue weighted by Gasteiger charge is -2.08. The third-order valence-corrected chi connectivity index (χ3v) is 9.23. The second kappa shape index (κ2) is 8.65. The van der Waals surface area contributed by atoms with E-state index in [4.69, 9.17) is 4.98 Å². The van der Waals surface area contributed by atoms with E-state index in [1.165, 1.54) is 59.4 Å². The molecule has 1 N–H and O–H groups in total. The molecule has 0 spiro atoms. The minimum atomic E-state index is 1.03. The molecule has 0 radical (unpaired) electrons. The number of benzene rings is 6. The zero-order chi connectivity index (χ0) is 26.9. The van der Waals surface area contributed by atoms with Crippen molar-refractivity contribution in [1.29, 1.82) is 0 Å². The van der Waals surface area contributed by atoms with Crippen molar-refractivity contribution < 1.29 is 0 Å². The highest BCUT2D eigenvalue weighted by Gasteiger charge is 2.17. The van der Waals surface area contributed by atoms with E-state index in [2.05, 4.69) is 137 Å². The van der Waals surface area contributed by atoms with Crippen LogP contribution in [0.25, 0.3) is 81.2 Å². The molecule has 3 aromatic heterocycles. The Kier molecular flexibility index (Phi) is 4.77. The highest BCUT2D eigenvalue weighted by molar-refractivity contribution is 7.21. The van der Waals surface area contributed by atoms with Crippen molar-refractivity contribution in [3.8, 4) is 27.4 Å². The molecule has 0 bridgehead atoms. The summed E-state index contributed by atoms with van der Waals surface area (Å²) in [6, 6.07) is 47.7. The van der Waals surface area contributed by atoms with E-state index >= 15 is 0 Å². The number of hydrogen-bond acceptors (Lipinski definition) is 2. The van der Waals surface area contributed by atoms with Crippen molar-refractivity contribution in [3.63, 3.8) is 0 Å². The van der Waals surface area contributed by atoms with Crippen LogP contribution in [0.3, 0.4) is 0 Å². The van der Waals surface area contributed by atoms with Crippen molar-refractivity contribution in [3.05, 3.63) is 133 Å². The number of aromatic nitrogens is 3. The topological polar surface area (TPSA) is 33.6 Å². The second-order valence-corrected chi connectivity index (χ2v) is 11.6. The van der Waals surface area contributed by atoms with Gasteiger partial charge in [0.2, 0.25) is 0 Å². The number of rotatable bonds is 3. The van der Waals surface area contributed by atoms with Crippen LogP contribution in [0.4, 0.5) is 0 Å². The Bertz CT molecular complexity index is 2410. The maximum absolute atomic E-state index is 5.06. The first-order valence-corrected chi connectivity index (χ1v) is 14.6. The normalized spacial score (nSPS) is 11.9. The zero-order valence-corrected chi connectivity index (χ0v) is 22.8. The third-order valence-electron chi connectivity index (χ3n) is 8.16. The van der Waals surface area contributed by atoms with Crippen LogP contribution >= 0.6 is 11.3 Å². The molecule has 9 aromatic rings. The fourth-order valence-electron chi connectivity index (χ4n) is 6.28. The van der Waals surface area contributed by atoms with Gasteiger partial charge in [-0.2, -0.15) is 0 Å². The zero-order valence-electron chi connectivity index (χ0n) is 22.0. The lowest BCUT2D eigenvalue weighted by molar-refractivity contribution is 1.18. The van der Waals surface area contributed by atoms with E-state index in [0.29, 0.717) is 0 Å². The van der Waals surface area contributed by atoms with Gasteiger partial charge in [0.15, 0.2) is 0 Å². The average molecular weight is 542 g/mol. The molecule has 6 aromatic carbocycles. The maximum atomic E-state index is 5.06. The van der Waals surface area contributed by atoms with Gasteiger partial charge in [-0.1, -0.05) is 91.0 Å². The summed E-state index contributed by atoms with van der Waals surface area (Å²) in [5, 5.41) is 6.05. The molecule has 0 saturated heterocycles. The van der Waals surface area contributed by atoms with Crippen molar-refractivity contribution in [2.45, 2.75) is 0 Å². The van der Waals surface area contributed by atoms with Crippen LogP contribution in [-0.2, 0) is 0 Å². The van der Waals surface area contributed by atoms with Gasteiger partial charge in [0.05, 0.1) is 26.8 Å². The van der Waals surface area contributed by atoms with Crippen molar-refractivity contribution >= 4 is 65.2 Å². The molecular formula is C37H23N3S. The van der Waals surface area contributed by atoms with Crippen molar-refractivity contribution in [2.75, 3.05) is 0 Å². The quantitative estimate of drug-likeness (QED) is 0.237. The van der Waals surface area contributed by atoms with Crippen LogP contribution in [0.15, 0.2) is 133 Å². The summed E-state index contributed by atoms with van der Waals surface area (Å²) in [6.07, 6.45) is 0. The number of fused-ring (bicyclic) bond motifs is 7. The smallest absolute Gasteiger partial charge is 0.124 e. The number of para-hydroxylation sites is 3. The number of nitrogens with zero attached hydrogens (tertiary/aromatic N) is 2. The van der Waals surface area contributed by atoms with Gasteiger partial charge in [0.25, 0.3) is 0 Å². The van der Waals surface area contributed by atoms with Crippen molar-refractivity contribution in [2.24, 2.45) is 0 Å². The summed E-state index contributed by atoms with van der Waals surface area (Å²) in [4.78, 5) is 8.75. The highest BCUT2D eigenvalue weighted by Crippen LogP contribution is 2.41. The number of H-pyrrole nitrogens is 1. The van der Waals surface area contributed by atoms with Crippen molar-refractivity contribution in [1.82, 2.24) is 14.5 Å². The highest BCUT2D eigenvalue weighted by atomic mass is 32.1. The van der Waals surface area contributed by atoms with Gasteiger partial charge >= 0.3 is 0 Å². The monoisotopic (exact) mass is 541 g/mol. The van der Waals surface area contributed by atoms with Gasteiger partial charge in [-0.05, 0) is 48.0 Å². The van der Waals surface area contributed by atoms with Crippen LogP contribution in [0.2, 0.25) is 0 Å². The molecule has 0 aliphatic carbocycles. The molecule has 41 heavy (non-hydrogen) atoms. The van der Waals surface area contributed by atoms with E-state index in [-0.39, 0.29) is 0 Å². The number of hydrogen-bond donors (Lipinski definition) is 1. The third kappa shape index (κ3) is 3.41. The molecule has 0 atom stereocenters. The fourth-order valence-corrected chi connectivity index (χ4v) is 7.27. The molecule has 192 valence electrons. The molecular weight excluding hydrogens is 518 g/mol. The summed E-state index contributed by atoms with van der Waals surface area (Å²) >= 11 is 1.76. The Morgan fingerprint density at radius 2 is 1.32 bits per heavy atom. The summed E-state index contributed by atoms with van der Waals surface area (Å²) < 4.78 is 3.57. The Balaban J connectivity index is 1.33. The summed E-state index contributed by atoms with van der Waals surface area (Å²) in [5.41, 5.74) is 10.5. The Hall–Kier alpha value is -5.19. The van der Waals surface area contributed by atoms with Crippen LogP contribution in [0.5, 0.6) is 0 Å². The van der Waals surface area contributed by atoms with E-state index in [0.717, 1.165) is 21.8 Å². The average Bonchev–Trinajstić information content (AvgIpc) is 3.72. The van der Waals surface area contributed by atoms with Gasteiger partial charge in [0.1, 0.15) is 5.01 Å². The molecule has 0 fully saturated rings. The van der Waals surface area contributed by atoms with E-state index in [1.54, 1.807) is 11.3 Å². The second-order valence-electron chi connectivity index (χ2n) is 10.5. The number of nitrogens with one attached hydrogen (secondary N) is 1.